The van der Waals surface area contributed by atoms with Gasteiger partial charge in [0, 0.05) is 12.4 Å². The number of likely N-dealkylation sites (N-methyl/N-ethyl adjacent to an activating group) is 1. The lowest BCUT2D eigenvalue weighted by Gasteiger charge is -2.14. The van der Waals surface area contributed by atoms with Crippen molar-refractivity contribution in [1.29, 1.82) is 0 Å². The van der Waals surface area contributed by atoms with Crippen molar-refractivity contribution in [3.05, 3.63) is 47.8 Å². The third-order valence-electron chi connectivity index (χ3n) is 2.85. The number of ether oxygens (including phenoxy) is 1. The molecule has 2 N–H and O–H groups in total. The van der Waals surface area contributed by atoms with Gasteiger partial charge in [0.1, 0.15) is 5.82 Å². The maximum atomic E-state index is 13.6. The van der Waals surface area contributed by atoms with Gasteiger partial charge >= 0.3 is 0 Å². The number of rotatable bonds is 5. The molecule has 0 bridgehead atoms. The number of imidazole rings is 1. The van der Waals surface area contributed by atoms with Crippen molar-refractivity contribution >= 4 is 0 Å². The van der Waals surface area contributed by atoms with Crippen LogP contribution >= 0.6 is 0 Å². The molecule has 0 saturated heterocycles. The Hall–Kier alpha value is -1.88. The highest BCUT2D eigenvalue weighted by Gasteiger charge is 2.13. The van der Waals surface area contributed by atoms with Crippen LogP contribution < -0.4 is 10.1 Å². The zero-order valence-corrected chi connectivity index (χ0v) is 10.4. The SMILES string of the molecule is CNC(Cc1ccc(OC)c(F)c1)c1ncc[nH]1. The Morgan fingerprint density at radius 2 is 2.33 bits per heavy atom. The molecule has 1 aromatic heterocycles. The smallest absolute Gasteiger partial charge is 0.165 e. The fourth-order valence-corrected chi connectivity index (χ4v) is 1.88. The molecule has 4 nitrogen and oxygen atoms in total. The fraction of sp³-hybridized carbons (Fsp3) is 0.308. The second-order valence-electron chi connectivity index (χ2n) is 3.99. The van der Waals surface area contributed by atoms with Crippen LogP contribution in [0.3, 0.4) is 0 Å². The molecule has 0 spiro atoms. The van der Waals surface area contributed by atoms with Crippen molar-refractivity contribution in [2.75, 3.05) is 14.2 Å². The molecule has 96 valence electrons. The predicted octanol–water partition coefficient (Wildman–Crippen LogP) is 2.06. The summed E-state index contributed by atoms with van der Waals surface area (Å²) in [7, 11) is 3.31. The first kappa shape index (κ1) is 12.6. The Kier molecular flexibility index (Phi) is 3.94. The van der Waals surface area contributed by atoms with Gasteiger partial charge < -0.3 is 15.0 Å². The van der Waals surface area contributed by atoms with Crippen molar-refractivity contribution in [3.63, 3.8) is 0 Å². The number of nitrogens with zero attached hydrogens (tertiary/aromatic N) is 1. The Bertz CT molecular complexity index is 499. The molecule has 2 aromatic rings. The first-order valence-electron chi connectivity index (χ1n) is 5.73. The van der Waals surface area contributed by atoms with Gasteiger partial charge in [-0.05, 0) is 31.2 Å². The molecular weight excluding hydrogens is 233 g/mol. The molecule has 1 atom stereocenters. The summed E-state index contributed by atoms with van der Waals surface area (Å²) >= 11 is 0. The molecule has 0 aliphatic carbocycles. The third-order valence-corrected chi connectivity index (χ3v) is 2.85. The monoisotopic (exact) mass is 249 g/mol. The summed E-state index contributed by atoms with van der Waals surface area (Å²) in [6.07, 6.45) is 4.13. The Balaban J connectivity index is 2.15. The largest absolute Gasteiger partial charge is 0.494 e. The number of nitrogens with one attached hydrogen (secondary N) is 2. The lowest BCUT2D eigenvalue weighted by atomic mass is 10.1. The van der Waals surface area contributed by atoms with E-state index in [9.17, 15) is 4.39 Å². The minimum Gasteiger partial charge on any atom is -0.494 e. The predicted molar refractivity (Wildman–Crippen MR) is 67.0 cm³/mol. The van der Waals surface area contributed by atoms with Gasteiger partial charge in [0.25, 0.3) is 0 Å². The van der Waals surface area contributed by atoms with E-state index >= 15 is 0 Å². The van der Waals surface area contributed by atoms with Gasteiger partial charge in [-0.3, -0.25) is 0 Å². The number of aromatic nitrogens is 2. The van der Waals surface area contributed by atoms with Crippen molar-refractivity contribution in [1.82, 2.24) is 15.3 Å². The number of hydrogen-bond acceptors (Lipinski definition) is 3. The lowest BCUT2D eigenvalue weighted by molar-refractivity contribution is 0.386. The summed E-state index contributed by atoms with van der Waals surface area (Å²) in [5.74, 6) is 0.760. The summed E-state index contributed by atoms with van der Waals surface area (Å²) in [6, 6.07) is 5.02. The molecule has 2 rings (SSSR count). The average molecular weight is 249 g/mol. The zero-order valence-electron chi connectivity index (χ0n) is 10.4. The van der Waals surface area contributed by atoms with Gasteiger partial charge in [0.2, 0.25) is 0 Å². The molecule has 0 amide bonds. The average Bonchev–Trinajstić information content (AvgIpc) is 2.90. The van der Waals surface area contributed by atoms with Gasteiger partial charge in [-0.1, -0.05) is 6.07 Å². The second kappa shape index (κ2) is 5.64. The molecule has 1 heterocycles. The second-order valence-corrected chi connectivity index (χ2v) is 3.99. The maximum Gasteiger partial charge on any atom is 0.165 e. The van der Waals surface area contributed by atoms with Gasteiger partial charge in [-0.2, -0.15) is 0 Å². The van der Waals surface area contributed by atoms with E-state index in [4.69, 9.17) is 4.74 Å². The standard InChI is InChI=1S/C13H16FN3O/c1-15-11(13-16-5-6-17-13)8-9-3-4-12(18-2)10(14)7-9/h3-7,11,15H,8H2,1-2H3,(H,16,17). The van der Waals surface area contributed by atoms with E-state index < -0.39 is 0 Å². The Labute approximate surface area is 105 Å². The van der Waals surface area contributed by atoms with E-state index in [2.05, 4.69) is 15.3 Å². The number of hydrogen-bond donors (Lipinski definition) is 2. The first-order chi connectivity index (χ1) is 8.74. The number of methoxy groups -OCH3 is 1. The lowest BCUT2D eigenvalue weighted by Crippen LogP contribution is -2.20. The first-order valence-corrected chi connectivity index (χ1v) is 5.73. The summed E-state index contributed by atoms with van der Waals surface area (Å²) in [5, 5.41) is 3.15. The van der Waals surface area contributed by atoms with Crippen molar-refractivity contribution in [2.45, 2.75) is 12.5 Å². The van der Waals surface area contributed by atoms with Crippen LogP contribution in [-0.4, -0.2) is 24.1 Å². The van der Waals surface area contributed by atoms with Crippen LogP contribution in [0.25, 0.3) is 0 Å². The fourth-order valence-electron chi connectivity index (χ4n) is 1.88. The van der Waals surface area contributed by atoms with Crippen LogP contribution in [-0.2, 0) is 6.42 Å². The van der Waals surface area contributed by atoms with Gasteiger partial charge in [-0.15, -0.1) is 0 Å². The van der Waals surface area contributed by atoms with E-state index in [-0.39, 0.29) is 17.6 Å². The van der Waals surface area contributed by atoms with E-state index in [0.717, 1.165) is 11.4 Å². The summed E-state index contributed by atoms with van der Waals surface area (Å²) in [5.41, 5.74) is 0.893. The van der Waals surface area contributed by atoms with E-state index in [0.29, 0.717) is 6.42 Å². The number of H-pyrrole nitrogens is 1. The van der Waals surface area contributed by atoms with Gasteiger partial charge in [0.15, 0.2) is 11.6 Å². The normalized spacial score (nSPS) is 12.4. The summed E-state index contributed by atoms with van der Waals surface area (Å²) in [6.45, 7) is 0. The van der Waals surface area contributed by atoms with Crippen LogP contribution in [0.1, 0.15) is 17.4 Å². The summed E-state index contributed by atoms with van der Waals surface area (Å²) in [4.78, 5) is 7.26. The van der Waals surface area contributed by atoms with Crippen molar-refractivity contribution in [3.8, 4) is 5.75 Å². The molecule has 1 aromatic carbocycles. The van der Waals surface area contributed by atoms with Crippen LogP contribution in [0, 0.1) is 5.82 Å². The molecule has 0 aliphatic rings. The molecule has 0 aliphatic heterocycles. The zero-order chi connectivity index (χ0) is 13.0. The molecule has 0 fully saturated rings. The van der Waals surface area contributed by atoms with Crippen LogP contribution in [0.5, 0.6) is 5.75 Å². The van der Waals surface area contributed by atoms with Crippen LogP contribution in [0.2, 0.25) is 0 Å². The molecule has 1 unspecified atom stereocenters. The van der Waals surface area contributed by atoms with Crippen molar-refractivity contribution in [2.24, 2.45) is 0 Å². The summed E-state index contributed by atoms with van der Waals surface area (Å²) < 4.78 is 18.5. The van der Waals surface area contributed by atoms with Crippen LogP contribution in [0.4, 0.5) is 4.39 Å². The van der Waals surface area contributed by atoms with Crippen LogP contribution in [0.15, 0.2) is 30.6 Å². The highest BCUT2D eigenvalue weighted by molar-refractivity contribution is 5.30. The van der Waals surface area contributed by atoms with E-state index in [1.165, 1.54) is 13.2 Å². The highest BCUT2D eigenvalue weighted by atomic mass is 19.1. The minimum atomic E-state index is -0.343. The molecule has 5 heteroatoms. The van der Waals surface area contributed by atoms with E-state index in [1.54, 1.807) is 18.5 Å². The molecule has 0 saturated carbocycles. The Morgan fingerprint density at radius 1 is 1.50 bits per heavy atom. The number of benzene rings is 1. The minimum absolute atomic E-state index is 0.0350. The van der Waals surface area contributed by atoms with E-state index in [1.807, 2.05) is 13.1 Å². The molecule has 0 radical (unpaired) electrons. The Morgan fingerprint density at radius 3 is 2.89 bits per heavy atom. The molecular formula is C13H16FN3O. The third kappa shape index (κ3) is 2.68. The van der Waals surface area contributed by atoms with Gasteiger partial charge in [-0.25, -0.2) is 9.37 Å². The van der Waals surface area contributed by atoms with Gasteiger partial charge in [0.05, 0.1) is 13.2 Å². The number of halogens is 1. The molecule has 18 heavy (non-hydrogen) atoms. The topological polar surface area (TPSA) is 49.9 Å². The quantitative estimate of drug-likeness (QED) is 0.852. The number of aromatic amines is 1. The highest BCUT2D eigenvalue weighted by Crippen LogP contribution is 2.21. The van der Waals surface area contributed by atoms with Crippen molar-refractivity contribution < 1.29 is 9.13 Å². The maximum absolute atomic E-state index is 13.6.